The van der Waals surface area contributed by atoms with Gasteiger partial charge in [0.1, 0.15) is 5.75 Å². The van der Waals surface area contributed by atoms with Crippen LogP contribution in [-0.2, 0) is 19.8 Å². The van der Waals surface area contributed by atoms with E-state index in [1.165, 1.54) is 4.90 Å². The summed E-state index contributed by atoms with van der Waals surface area (Å²) >= 11 is 0. The smallest absolute Gasteiger partial charge is 0.312 e. The highest BCUT2D eigenvalue weighted by Gasteiger charge is 2.66. The standard InChI is InChI=1S/C24H27NO4/c1-24(2,3)13-4-6-14(7-5-13)29-19(26)10-11-25-22(27)20-15-8-9-16(18-12-17(15)18)21(20)23(25)28/h4-9,15-18,20-21H,10-12H2,1-3H3/t15-,16-,17-,18-,20-,21+/m0/s1. The molecule has 1 saturated heterocycles. The summed E-state index contributed by atoms with van der Waals surface area (Å²) in [5.41, 5.74) is 1.19. The number of hydrogen-bond acceptors (Lipinski definition) is 4. The number of imide groups is 1. The lowest BCUT2D eigenvalue weighted by Gasteiger charge is -2.37. The Hall–Kier alpha value is -2.43. The molecule has 0 spiro atoms. The average Bonchev–Trinajstić information content (AvgIpc) is 3.45. The Balaban J connectivity index is 1.20. The van der Waals surface area contributed by atoms with Crippen LogP contribution in [0.1, 0.15) is 39.2 Å². The monoisotopic (exact) mass is 393 g/mol. The van der Waals surface area contributed by atoms with Gasteiger partial charge in [-0.3, -0.25) is 19.3 Å². The molecule has 1 aromatic carbocycles. The topological polar surface area (TPSA) is 63.7 Å². The number of allylic oxidation sites excluding steroid dienone is 2. The summed E-state index contributed by atoms with van der Waals surface area (Å²) in [5, 5.41) is 0. The van der Waals surface area contributed by atoms with Gasteiger partial charge >= 0.3 is 5.97 Å². The maximum absolute atomic E-state index is 12.9. The summed E-state index contributed by atoms with van der Waals surface area (Å²) in [4.78, 5) is 39.5. The SMILES string of the molecule is CC(C)(C)c1ccc(OC(=O)CCN2C(=O)[C@@H]3[C@H]4C=C[C@@H]([C@@H]5C[C@@H]45)[C@@H]3C2=O)cc1. The fraction of sp³-hybridized carbons (Fsp3) is 0.542. The number of nitrogens with zero attached hydrogens (tertiary/aromatic N) is 1. The number of carbonyl (C=O) groups is 3. The van der Waals surface area contributed by atoms with E-state index in [9.17, 15) is 14.4 Å². The fourth-order valence-electron chi connectivity index (χ4n) is 5.65. The van der Waals surface area contributed by atoms with E-state index in [-0.39, 0.29) is 53.9 Å². The Morgan fingerprint density at radius 3 is 2.07 bits per heavy atom. The number of esters is 1. The van der Waals surface area contributed by atoms with E-state index in [0.717, 1.165) is 12.0 Å². The second kappa shape index (κ2) is 6.28. The highest BCUT2D eigenvalue weighted by Crippen LogP contribution is 2.65. The summed E-state index contributed by atoms with van der Waals surface area (Å²) in [5.74, 6) is 1.07. The van der Waals surface area contributed by atoms with Crippen molar-refractivity contribution in [1.82, 2.24) is 4.90 Å². The largest absolute Gasteiger partial charge is 0.426 e. The summed E-state index contributed by atoms with van der Waals surface area (Å²) in [6.45, 7) is 6.49. The van der Waals surface area contributed by atoms with Gasteiger partial charge in [0.15, 0.2) is 0 Å². The van der Waals surface area contributed by atoms with Crippen molar-refractivity contribution in [3.05, 3.63) is 42.0 Å². The summed E-state index contributed by atoms with van der Waals surface area (Å²) in [6.07, 6.45) is 5.48. The van der Waals surface area contributed by atoms with E-state index in [0.29, 0.717) is 17.6 Å². The van der Waals surface area contributed by atoms with E-state index in [1.54, 1.807) is 12.1 Å². The zero-order valence-electron chi connectivity index (χ0n) is 17.1. The van der Waals surface area contributed by atoms with Gasteiger partial charge in [0, 0.05) is 6.54 Å². The zero-order chi connectivity index (χ0) is 20.5. The fourth-order valence-corrected chi connectivity index (χ4v) is 5.65. The van der Waals surface area contributed by atoms with Crippen molar-refractivity contribution in [1.29, 1.82) is 0 Å². The normalized spacial score (nSPS) is 34.2. The van der Waals surface area contributed by atoms with Crippen LogP contribution in [0.5, 0.6) is 5.75 Å². The lowest BCUT2D eigenvalue weighted by molar-refractivity contribution is -0.141. The molecule has 5 aliphatic rings. The first-order chi connectivity index (χ1) is 13.8. The van der Waals surface area contributed by atoms with Gasteiger partial charge in [-0.05, 0) is 53.2 Å². The minimum atomic E-state index is -0.423. The van der Waals surface area contributed by atoms with Gasteiger partial charge in [0.25, 0.3) is 0 Å². The first-order valence-electron chi connectivity index (χ1n) is 10.6. The van der Waals surface area contributed by atoms with Crippen molar-refractivity contribution < 1.29 is 19.1 Å². The molecule has 0 N–H and O–H groups in total. The number of likely N-dealkylation sites (tertiary alicyclic amines) is 1. The van der Waals surface area contributed by atoms with Gasteiger partial charge in [0.05, 0.1) is 18.3 Å². The molecule has 5 nitrogen and oxygen atoms in total. The molecule has 4 aliphatic carbocycles. The number of amides is 2. The Morgan fingerprint density at radius 1 is 1.00 bits per heavy atom. The van der Waals surface area contributed by atoms with Crippen LogP contribution in [0.3, 0.4) is 0 Å². The summed E-state index contributed by atoms with van der Waals surface area (Å²) in [6, 6.07) is 7.48. The van der Waals surface area contributed by atoms with Crippen molar-refractivity contribution in [3.8, 4) is 5.75 Å². The maximum atomic E-state index is 12.9. The number of benzene rings is 1. The molecule has 2 bridgehead atoms. The van der Waals surface area contributed by atoms with Crippen LogP contribution >= 0.6 is 0 Å². The molecule has 2 amide bonds. The third-order valence-corrected chi connectivity index (χ3v) is 7.25. The molecule has 1 aromatic rings. The van der Waals surface area contributed by atoms with Crippen molar-refractivity contribution in [2.45, 2.75) is 39.0 Å². The Kier molecular flexibility index (Phi) is 4.03. The Labute approximate surface area is 171 Å². The molecular weight excluding hydrogens is 366 g/mol. The van der Waals surface area contributed by atoms with Gasteiger partial charge in [0.2, 0.25) is 11.8 Å². The molecule has 6 rings (SSSR count). The lowest BCUT2D eigenvalue weighted by Crippen LogP contribution is -2.40. The van der Waals surface area contributed by atoms with Crippen LogP contribution in [0.25, 0.3) is 0 Å². The Bertz CT molecular complexity index is 874. The molecule has 2 saturated carbocycles. The van der Waals surface area contributed by atoms with E-state index in [2.05, 4.69) is 32.9 Å². The number of ether oxygens (including phenoxy) is 1. The van der Waals surface area contributed by atoms with Crippen LogP contribution in [0, 0.1) is 35.5 Å². The quantitative estimate of drug-likeness (QED) is 0.341. The molecule has 29 heavy (non-hydrogen) atoms. The number of rotatable bonds is 4. The third kappa shape index (κ3) is 2.93. The molecule has 0 radical (unpaired) electrons. The van der Waals surface area contributed by atoms with Crippen molar-refractivity contribution in [2.24, 2.45) is 35.5 Å². The highest BCUT2D eigenvalue weighted by atomic mass is 16.5. The van der Waals surface area contributed by atoms with Crippen LogP contribution < -0.4 is 4.74 Å². The van der Waals surface area contributed by atoms with Gasteiger partial charge < -0.3 is 4.74 Å². The molecule has 3 fully saturated rings. The number of hydrogen-bond donors (Lipinski definition) is 0. The minimum absolute atomic E-state index is 0.0214. The van der Waals surface area contributed by atoms with E-state index < -0.39 is 5.97 Å². The third-order valence-electron chi connectivity index (χ3n) is 7.25. The van der Waals surface area contributed by atoms with Gasteiger partial charge in [-0.15, -0.1) is 0 Å². The maximum Gasteiger partial charge on any atom is 0.312 e. The lowest BCUT2D eigenvalue weighted by atomic mass is 9.63. The number of carbonyl (C=O) groups excluding carboxylic acids is 3. The predicted octanol–water partition coefficient (Wildman–Crippen LogP) is 3.33. The van der Waals surface area contributed by atoms with Gasteiger partial charge in [-0.25, -0.2) is 0 Å². The molecule has 6 atom stereocenters. The zero-order valence-corrected chi connectivity index (χ0v) is 17.1. The highest BCUT2D eigenvalue weighted by molar-refractivity contribution is 6.06. The predicted molar refractivity (Wildman–Crippen MR) is 107 cm³/mol. The summed E-state index contributed by atoms with van der Waals surface area (Å²) < 4.78 is 5.41. The van der Waals surface area contributed by atoms with Crippen LogP contribution in [0.4, 0.5) is 0 Å². The van der Waals surface area contributed by atoms with Crippen molar-refractivity contribution >= 4 is 17.8 Å². The van der Waals surface area contributed by atoms with Gasteiger partial charge in [-0.1, -0.05) is 45.1 Å². The molecule has 0 unspecified atom stereocenters. The van der Waals surface area contributed by atoms with E-state index in [4.69, 9.17) is 4.74 Å². The van der Waals surface area contributed by atoms with Crippen LogP contribution in [0.2, 0.25) is 0 Å². The molecule has 5 heteroatoms. The summed E-state index contributed by atoms with van der Waals surface area (Å²) in [7, 11) is 0. The van der Waals surface area contributed by atoms with Crippen LogP contribution in [-0.4, -0.2) is 29.2 Å². The minimum Gasteiger partial charge on any atom is -0.426 e. The first kappa shape index (κ1) is 18.6. The molecular formula is C24H27NO4. The van der Waals surface area contributed by atoms with Crippen molar-refractivity contribution in [3.63, 3.8) is 0 Å². The molecule has 152 valence electrons. The second-order valence-electron chi connectivity index (χ2n) is 9.98. The van der Waals surface area contributed by atoms with E-state index in [1.807, 2.05) is 12.1 Å². The first-order valence-corrected chi connectivity index (χ1v) is 10.6. The van der Waals surface area contributed by atoms with Gasteiger partial charge in [-0.2, -0.15) is 0 Å². The Morgan fingerprint density at radius 2 is 1.55 bits per heavy atom. The van der Waals surface area contributed by atoms with Crippen LogP contribution in [0.15, 0.2) is 36.4 Å². The second-order valence-corrected chi connectivity index (χ2v) is 9.98. The van der Waals surface area contributed by atoms with Crippen molar-refractivity contribution in [2.75, 3.05) is 6.54 Å². The molecule has 1 heterocycles. The average molecular weight is 393 g/mol. The van der Waals surface area contributed by atoms with E-state index >= 15 is 0 Å². The molecule has 0 aromatic heterocycles. The molecule has 1 aliphatic heterocycles.